The standard InChI is InChI=1S/C8H17NO2/c1-8(10,6-9)5-7-3-2-4-11-7/h7,10H,2-6,9H2,1H3. The third-order valence-electron chi connectivity index (χ3n) is 2.13. The minimum atomic E-state index is -0.741. The highest BCUT2D eigenvalue weighted by atomic mass is 16.5. The van der Waals surface area contributed by atoms with Crippen molar-refractivity contribution in [3.05, 3.63) is 0 Å². The third-order valence-corrected chi connectivity index (χ3v) is 2.13. The van der Waals surface area contributed by atoms with Crippen LogP contribution in [0.4, 0.5) is 0 Å². The van der Waals surface area contributed by atoms with Gasteiger partial charge in [0.1, 0.15) is 0 Å². The highest BCUT2D eigenvalue weighted by Crippen LogP contribution is 2.21. The van der Waals surface area contributed by atoms with Crippen LogP contribution in [0.3, 0.4) is 0 Å². The van der Waals surface area contributed by atoms with E-state index in [1.54, 1.807) is 6.92 Å². The molecular weight excluding hydrogens is 142 g/mol. The quantitative estimate of drug-likeness (QED) is 0.621. The molecule has 0 radical (unpaired) electrons. The topological polar surface area (TPSA) is 55.5 Å². The molecule has 0 aromatic heterocycles. The molecule has 1 fully saturated rings. The lowest BCUT2D eigenvalue weighted by Gasteiger charge is -2.24. The van der Waals surface area contributed by atoms with Gasteiger partial charge in [0.25, 0.3) is 0 Å². The van der Waals surface area contributed by atoms with Crippen LogP contribution in [-0.4, -0.2) is 30.0 Å². The van der Waals surface area contributed by atoms with Gasteiger partial charge in [-0.25, -0.2) is 0 Å². The van der Waals surface area contributed by atoms with Gasteiger partial charge in [0.05, 0.1) is 11.7 Å². The molecule has 1 aliphatic heterocycles. The second kappa shape index (κ2) is 3.52. The number of nitrogens with two attached hydrogens (primary N) is 1. The Morgan fingerprint density at radius 1 is 1.73 bits per heavy atom. The fourth-order valence-electron chi connectivity index (χ4n) is 1.38. The molecule has 0 aliphatic carbocycles. The molecule has 1 heterocycles. The average Bonchev–Trinajstić information content (AvgIpc) is 2.39. The predicted octanol–water partition coefficient (Wildman–Crippen LogP) is 0.265. The smallest absolute Gasteiger partial charge is 0.0766 e. The molecule has 3 nitrogen and oxygen atoms in total. The summed E-state index contributed by atoms with van der Waals surface area (Å²) >= 11 is 0. The van der Waals surface area contributed by atoms with Crippen LogP contribution < -0.4 is 5.73 Å². The zero-order valence-electron chi connectivity index (χ0n) is 7.05. The summed E-state index contributed by atoms with van der Waals surface area (Å²) in [6.45, 7) is 2.91. The average molecular weight is 159 g/mol. The second-order valence-corrected chi connectivity index (χ2v) is 3.54. The number of ether oxygens (including phenoxy) is 1. The van der Waals surface area contributed by atoms with E-state index < -0.39 is 5.60 Å². The van der Waals surface area contributed by atoms with Crippen LogP contribution in [0.25, 0.3) is 0 Å². The summed E-state index contributed by atoms with van der Waals surface area (Å²) < 4.78 is 5.38. The van der Waals surface area contributed by atoms with Crippen LogP contribution in [0.1, 0.15) is 26.2 Å². The molecule has 11 heavy (non-hydrogen) atoms. The normalized spacial score (nSPS) is 30.3. The Bertz CT molecular complexity index is 119. The van der Waals surface area contributed by atoms with E-state index >= 15 is 0 Å². The lowest BCUT2D eigenvalue weighted by molar-refractivity contribution is -0.000596. The van der Waals surface area contributed by atoms with E-state index in [0.717, 1.165) is 19.4 Å². The Kier molecular flexibility index (Phi) is 2.87. The largest absolute Gasteiger partial charge is 0.389 e. The number of hydrogen-bond acceptors (Lipinski definition) is 3. The van der Waals surface area contributed by atoms with Gasteiger partial charge in [-0.2, -0.15) is 0 Å². The van der Waals surface area contributed by atoms with Crippen molar-refractivity contribution in [3.63, 3.8) is 0 Å². The van der Waals surface area contributed by atoms with Crippen LogP contribution in [0, 0.1) is 0 Å². The molecule has 1 saturated heterocycles. The fraction of sp³-hybridized carbons (Fsp3) is 1.00. The first-order chi connectivity index (χ1) is 5.14. The molecular formula is C8H17NO2. The fourth-order valence-corrected chi connectivity index (χ4v) is 1.38. The maximum absolute atomic E-state index is 9.58. The van der Waals surface area contributed by atoms with Crippen molar-refractivity contribution in [3.8, 4) is 0 Å². The van der Waals surface area contributed by atoms with E-state index in [-0.39, 0.29) is 6.10 Å². The summed E-state index contributed by atoms with van der Waals surface area (Å²) in [6.07, 6.45) is 3.08. The maximum Gasteiger partial charge on any atom is 0.0766 e. The van der Waals surface area contributed by atoms with Gasteiger partial charge in [0.2, 0.25) is 0 Å². The SMILES string of the molecule is CC(O)(CN)CC1CCCO1. The molecule has 3 N–H and O–H groups in total. The maximum atomic E-state index is 9.58. The van der Waals surface area contributed by atoms with Crippen molar-refractivity contribution in [2.24, 2.45) is 5.73 Å². The van der Waals surface area contributed by atoms with Gasteiger partial charge in [0.15, 0.2) is 0 Å². The number of hydrogen-bond donors (Lipinski definition) is 2. The Hall–Kier alpha value is -0.120. The first-order valence-corrected chi connectivity index (χ1v) is 4.18. The number of rotatable bonds is 3. The Morgan fingerprint density at radius 2 is 2.45 bits per heavy atom. The summed E-state index contributed by atoms with van der Waals surface area (Å²) in [6, 6.07) is 0. The van der Waals surface area contributed by atoms with Crippen molar-refractivity contribution >= 4 is 0 Å². The van der Waals surface area contributed by atoms with Gasteiger partial charge in [-0.15, -0.1) is 0 Å². The lowest BCUT2D eigenvalue weighted by Crippen LogP contribution is -2.37. The van der Waals surface area contributed by atoms with E-state index in [4.69, 9.17) is 10.5 Å². The van der Waals surface area contributed by atoms with Crippen LogP contribution >= 0.6 is 0 Å². The Morgan fingerprint density at radius 3 is 2.91 bits per heavy atom. The van der Waals surface area contributed by atoms with Gasteiger partial charge in [-0.3, -0.25) is 0 Å². The molecule has 2 atom stereocenters. The van der Waals surface area contributed by atoms with Gasteiger partial charge in [0, 0.05) is 19.6 Å². The summed E-state index contributed by atoms with van der Waals surface area (Å²) in [5.74, 6) is 0. The Balaban J connectivity index is 2.28. The van der Waals surface area contributed by atoms with Crippen LogP contribution in [0.15, 0.2) is 0 Å². The zero-order chi connectivity index (χ0) is 8.32. The van der Waals surface area contributed by atoms with E-state index in [9.17, 15) is 5.11 Å². The summed E-state index contributed by atoms with van der Waals surface area (Å²) in [5, 5.41) is 9.58. The molecule has 3 heteroatoms. The molecule has 0 aromatic carbocycles. The van der Waals surface area contributed by atoms with Gasteiger partial charge in [-0.05, 0) is 19.8 Å². The molecule has 2 unspecified atom stereocenters. The highest BCUT2D eigenvalue weighted by Gasteiger charge is 2.26. The van der Waals surface area contributed by atoms with Crippen molar-refractivity contribution in [2.45, 2.75) is 37.9 Å². The van der Waals surface area contributed by atoms with Crippen LogP contribution in [0.2, 0.25) is 0 Å². The van der Waals surface area contributed by atoms with Crippen LogP contribution in [0.5, 0.6) is 0 Å². The van der Waals surface area contributed by atoms with E-state index in [0.29, 0.717) is 13.0 Å². The minimum absolute atomic E-state index is 0.230. The Labute approximate surface area is 67.5 Å². The van der Waals surface area contributed by atoms with Gasteiger partial charge >= 0.3 is 0 Å². The second-order valence-electron chi connectivity index (χ2n) is 3.54. The highest BCUT2D eigenvalue weighted by molar-refractivity contribution is 4.79. The molecule has 0 amide bonds. The predicted molar refractivity (Wildman–Crippen MR) is 43.3 cm³/mol. The molecule has 66 valence electrons. The van der Waals surface area contributed by atoms with E-state index in [1.165, 1.54) is 0 Å². The molecule has 0 saturated carbocycles. The van der Waals surface area contributed by atoms with Gasteiger partial charge in [-0.1, -0.05) is 0 Å². The van der Waals surface area contributed by atoms with E-state index in [2.05, 4.69) is 0 Å². The summed E-state index contributed by atoms with van der Waals surface area (Å²) in [7, 11) is 0. The molecule has 0 bridgehead atoms. The molecule has 0 spiro atoms. The monoisotopic (exact) mass is 159 g/mol. The lowest BCUT2D eigenvalue weighted by atomic mass is 9.97. The minimum Gasteiger partial charge on any atom is -0.389 e. The third kappa shape index (κ3) is 2.77. The number of aliphatic hydroxyl groups is 1. The van der Waals surface area contributed by atoms with Crippen molar-refractivity contribution < 1.29 is 9.84 Å². The molecule has 1 rings (SSSR count). The van der Waals surface area contributed by atoms with Gasteiger partial charge < -0.3 is 15.6 Å². The summed E-state index contributed by atoms with van der Waals surface area (Å²) in [4.78, 5) is 0. The van der Waals surface area contributed by atoms with Crippen LogP contribution in [-0.2, 0) is 4.74 Å². The first-order valence-electron chi connectivity index (χ1n) is 4.18. The molecule has 1 aliphatic rings. The molecule has 0 aromatic rings. The first kappa shape index (κ1) is 8.97. The van der Waals surface area contributed by atoms with E-state index in [1.807, 2.05) is 0 Å². The van der Waals surface area contributed by atoms with Crippen molar-refractivity contribution in [1.82, 2.24) is 0 Å². The van der Waals surface area contributed by atoms with Crippen molar-refractivity contribution in [2.75, 3.05) is 13.2 Å². The van der Waals surface area contributed by atoms with Crippen molar-refractivity contribution in [1.29, 1.82) is 0 Å². The zero-order valence-corrected chi connectivity index (χ0v) is 7.05. The summed E-state index contributed by atoms with van der Waals surface area (Å²) in [5.41, 5.74) is 4.64.